The molecular formula is C25H29N3O. The number of carbonyl (C=O) groups excluding carboxylic acids is 1. The summed E-state index contributed by atoms with van der Waals surface area (Å²) in [5, 5.41) is 0. The highest BCUT2D eigenvalue weighted by atomic mass is 16.2. The molecule has 0 radical (unpaired) electrons. The third-order valence-corrected chi connectivity index (χ3v) is 5.10. The van der Waals surface area contributed by atoms with Gasteiger partial charge in [-0.2, -0.15) is 0 Å². The van der Waals surface area contributed by atoms with Crippen LogP contribution in [0.5, 0.6) is 0 Å². The molecule has 3 aromatic carbocycles. The minimum atomic E-state index is -0.0352. The van der Waals surface area contributed by atoms with E-state index in [1.807, 2.05) is 75.6 Å². The van der Waals surface area contributed by atoms with E-state index in [4.69, 9.17) is 0 Å². The molecule has 0 unspecified atom stereocenters. The van der Waals surface area contributed by atoms with Gasteiger partial charge in [0.2, 0.25) is 0 Å². The van der Waals surface area contributed by atoms with Gasteiger partial charge in [-0.05, 0) is 73.5 Å². The molecular weight excluding hydrogens is 358 g/mol. The lowest BCUT2D eigenvalue weighted by atomic mass is 10.1. The molecule has 0 saturated heterocycles. The van der Waals surface area contributed by atoms with Crippen LogP contribution < -0.4 is 14.7 Å². The van der Waals surface area contributed by atoms with E-state index in [1.54, 1.807) is 0 Å². The second-order valence-corrected chi connectivity index (χ2v) is 7.74. The molecule has 0 aliphatic rings. The van der Waals surface area contributed by atoms with Gasteiger partial charge in [0.1, 0.15) is 0 Å². The standard InChI is InChI=1S/C25H29N3O/c1-18-16-21(26(3)4)12-14-23(18)28(25(29)20-10-8-7-9-11-20)24-15-13-22(27(5)6)17-19(24)2/h7-17H,1-6H3. The van der Waals surface area contributed by atoms with Gasteiger partial charge in [-0.25, -0.2) is 0 Å². The van der Waals surface area contributed by atoms with Crippen LogP contribution in [0.2, 0.25) is 0 Å². The molecule has 0 heterocycles. The van der Waals surface area contributed by atoms with E-state index in [9.17, 15) is 4.79 Å². The van der Waals surface area contributed by atoms with Crippen molar-refractivity contribution in [3.8, 4) is 0 Å². The normalized spacial score (nSPS) is 10.6. The fourth-order valence-corrected chi connectivity index (χ4v) is 3.40. The monoisotopic (exact) mass is 387 g/mol. The maximum Gasteiger partial charge on any atom is 0.262 e. The van der Waals surface area contributed by atoms with Gasteiger partial charge < -0.3 is 9.80 Å². The van der Waals surface area contributed by atoms with Crippen LogP contribution in [0.15, 0.2) is 66.7 Å². The van der Waals surface area contributed by atoms with Gasteiger partial charge in [0, 0.05) is 45.1 Å². The second kappa shape index (κ2) is 8.39. The van der Waals surface area contributed by atoms with Gasteiger partial charge in [-0.15, -0.1) is 0 Å². The summed E-state index contributed by atoms with van der Waals surface area (Å²) in [4.78, 5) is 19.6. The van der Waals surface area contributed by atoms with Crippen LogP contribution in [0.3, 0.4) is 0 Å². The zero-order valence-electron chi connectivity index (χ0n) is 18.1. The Labute approximate surface area is 174 Å². The molecule has 4 heteroatoms. The van der Waals surface area contributed by atoms with Crippen molar-refractivity contribution in [2.75, 3.05) is 42.9 Å². The Morgan fingerprint density at radius 3 is 1.48 bits per heavy atom. The van der Waals surface area contributed by atoms with Crippen LogP contribution in [-0.2, 0) is 0 Å². The molecule has 0 N–H and O–H groups in total. The van der Waals surface area contributed by atoms with Crippen molar-refractivity contribution in [1.29, 1.82) is 0 Å². The summed E-state index contributed by atoms with van der Waals surface area (Å²) in [6.07, 6.45) is 0. The molecule has 0 bridgehead atoms. The van der Waals surface area contributed by atoms with Crippen molar-refractivity contribution in [2.24, 2.45) is 0 Å². The van der Waals surface area contributed by atoms with E-state index >= 15 is 0 Å². The lowest BCUT2D eigenvalue weighted by molar-refractivity contribution is 0.0999. The van der Waals surface area contributed by atoms with Crippen molar-refractivity contribution in [3.63, 3.8) is 0 Å². The summed E-state index contributed by atoms with van der Waals surface area (Å²) in [6, 6.07) is 21.9. The van der Waals surface area contributed by atoms with Crippen LogP contribution in [0.25, 0.3) is 0 Å². The highest BCUT2D eigenvalue weighted by Crippen LogP contribution is 2.35. The number of hydrogen-bond donors (Lipinski definition) is 0. The fourth-order valence-electron chi connectivity index (χ4n) is 3.40. The zero-order valence-corrected chi connectivity index (χ0v) is 18.1. The third kappa shape index (κ3) is 4.27. The zero-order chi connectivity index (χ0) is 21.1. The molecule has 3 aromatic rings. The molecule has 0 fully saturated rings. The smallest absolute Gasteiger partial charge is 0.262 e. The van der Waals surface area contributed by atoms with E-state index in [0.717, 1.165) is 33.9 Å². The number of benzene rings is 3. The summed E-state index contributed by atoms with van der Waals surface area (Å²) in [6.45, 7) is 4.11. The first-order valence-corrected chi connectivity index (χ1v) is 9.75. The summed E-state index contributed by atoms with van der Waals surface area (Å²) in [5.74, 6) is -0.0352. The Morgan fingerprint density at radius 2 is 1.10 bits per heavy atom. The number of nitrogens with zero attached hydrogens (tertiary/aromatic N) is 3. The number of amides is 1. The molecule has 150 valence electrons. The first-order chi connectivity index (χ1) is 13.8. The van der Waals surface area contributed by atoms with Gasteiger partial charge in [-0.1, -0.05) is 18.2 Å². The Kier molecular flexibility index (Phi) is 5.92. The highest BCUT2D eigenvalue weighted by molar-refractivity contribution is 6.11. The number of aryl methyl sites for hydroxylation is 2. The van der Waals surface area contributed by atoms with Gasteiger partial charge in [0.05, 0.1) is 11.4 Å². The van der Waals surface area contributed by atoms with E-state index in [2.05, 4.69) is 47.9 Å². The van der Waals surface area contributed by atoms with Crippen molar-refractivity contribution < 1.29 is 4.79 Å². The Hall–Kier alpha value is -3.27. The van der Waals surface area contributed by atoms with Gasteiger partial charge in [-0.3, -0.25) is 9.69 Å². The molecule has 4 nitrogen and oxygen atoms in total. The van der Waals surface area contributed by atoms with Crippen molar-refractivity contribution in [2.45, 2.75) is 13.8 Å². The number of anilines is 4. The molecule has 0 aromatic heterocycles. The lowest BCUT2D eigenvalue weighted by Gasteiger charge is -2.28. The number of carbonyl (C=O) groups is 1. The SMILES string of the molecule is Cc1cc(N(C)C)ccc1N(C(=O)c1ccccc1)c1ccc(N(C)C)cc1C. The Bertz CT molecular complexity index is 952. The molecule has 0 atom stereocenters. The van der Waals surface area contributed by atoms with Crippen molar-refractivity contribution in [3.05, 3.63) is 83.4 Å². The first-order valence-electron chi connectivity index (χ1n) is 9.75. The maximum atomic E-state index is 13.6. The fraction of sp³-hybridized carbons (Fsp3) is 0.240. The van der Waals surface area contributed by atoms with E-state index in [-0.39, 0.29) is 5.91 Å². The van der Waals surface area contributed by atoms with Crippen LogP contribution in [-0.4, -0.2) is 34.1 Å². The predicted octanol–water partition coefficient (Wildman–Crippen LogP) is 5.41. The maximum absolute atomic E-state index is 13.6. The molecule has 0 aliphatic carbocycles. The largest absolute Gasteiger partial charge is 0.378 e. The summed E-state index contributed by atoms with van der Waals surface area (Å²) >= 11 is 0. The Balaban J connectivity index is 2.17. The number of hydrogen-bond acceptors (Lipinski definition) is 3. The Morgan fingerprint density at radius 1 is 0.655 bits per heavy atom. The van der Waals surface area contributed by atoms with E-state index < -0.39 is 0 Å². The average Bonchev–Trinajstić information content (AvgIpc) is 2.70. The van der Waals surface area contributed by atoms with Gasteiger partial charge >= 0.3 is 0 Å². The highest BCUT2D eigenvalue weighted by Gasteiger charge is 2.23. The summed E-state index contributed by atoms with van der Waals surface area (Å²) < 4.78 is 0. The minimum absolute atomic E-state index is 0.0352. The lowest BCUT2D eigenvalue weighted by Crippen LogP contribution is -2.27. The van der Waals surface area contributed by atoms with Crippen molar-refractivity contribution >= 4 is 28.7 Å². The van der Waals surface area contributed by atoms with Crippen LogP contribution >= 0.6 is 0 Å². The van der Waals surface area contributed by atoms with Gasteiger partial charge in [0.15, 0.2) is 0 Å². The first kappa shape index (κ1) is 20.5. The summed E-state index contributed by atoms with van der Waals surface area (Å²) in [5.41, 5.74) is 6.78. The summed E-state index contributed by atoms with van der Waals surface area (Å²) in [7, 11) is 8.08. The molecule has 0 saturated carbocycles. The molecule has 29 heavy (non-hydrogen) atoms. The molecule has 3 rings (SSSR count). The quantitative estimate of drug-likeness (QED) is 0.585. The van der Waals surface area contributed by atoms with Crippen LogP contribution in [0, 0.1) is 13.8 Å². The van der Waals surface area contributed by atoms with E-state index in [1.165, 1.54) is 0 Å². The minimum Gasteiger partial charge on any atom is -0.378 e. The van der Waals surface area contributed by atoms with E-state index in [0.29, 0.717) is 5.56 Å². The molecule has 0 aliphatic heterocycles. The molecule has 0 spiro atoms. The number of rotatable bonds is 5. The topological polar surface area (TPSA) is 26.8 Å². The van der Waals surface area contributed by atoms with Gasteiger partial charge in [0.25, 0.3) is 5.91 Å². The third-order valence-electron chi connectivity index (χ3n) is 5.10. The van der Waals surface area contributed by atoms with Crippen molar-refractivity contribution in [1.82, 2.24) is 0 Å². The predicted molar refractivity (Wildman–Crippen MR) is 124 cm³/mol. The van der Waals surface area contributed by atoms with Crippen LogP contribution in [0.1, 0.15) is 21.5 Å². The average molecular weight is 388 g/mol. The molecule has 1 amide bonds. The van der Waals surface area contributed by atoms with Crippen LogP contribution in [0.4, 0.5) is 22.7 Å². The second-order valence-electron chi connectivity index (χ2n) is 7.74.